The summed E-state index contributed by atoms with van der Waals surface area (Å²) in [6, 6.07) is 14.3. The fourth-order valence-electron chi connectivity index (χ4n) is 2.61. The molecule has 0 saturated heterocycles. The molecule has 0 radical (unpaired) electrons. The summed E-state index contributed by atoms with van der Waals surface area (Å²) in [4.78, 5) is 34.9. The lowest BCUT2D eigenvalue weighted by molar-refractivity contribution is -0.136. The second-order valence-electron chi connectivity index (χ2n) is 5.99. The molecule has 0 aliphatic heterocycles. The van der Waals surface area contributed by atoms with Crippen LogP contribution in [0.4, 0.5) is 0 Å². The molecule has 2 aromatic carbocycles. The predicted molar refractivity (Wildman–Crippen MR) is 95.8 cm³/mol. The van der Waals surface area contributed by atoms with Crippen LogP contribution >= 0.6 is 0 Å². The summed E-state index contributed by atoms with van der Waals surface area (Å²) in [5.41, 5.74) is 3.85. The van der Waals surface area contributed by atoms with Crippen molar-refractivity contribution in [1.29, 1.82) is 0 Å². The summed E-state index contributed by atoms with van der Waals surface area (Å²) in [5.74, 6) is -1.04. The van der Waals surface area contributed by atoms with E-state index in [4.69, 9.17) is 5.11 Å². The van der Waals surface area contributed by atoms with E-state index in [9.17, 15) is 14.4 Å². The summed E-state index contributed by atoms with van der Waals surface area (Å²) in [6.07, 6.45) is 0.980. The maximum Gasteiger partial charge on any atom is 0.307 e. The number of Topliss-reactive ketones (excluding diaryl/α,β-unsaturated/α-hetero) is 1. The lowest BCUT2D eigenvalue weighted by Crippen LogP contribution is -2.11. The van der Waals surface area contributed by atoms with Crippen molar-refractivity contribution in [3.63, 3.8) is 0 Å². The quantitative estimate of drug-likeness (QED) is 0.477. The molecule has 128 valence electrons. The Balaban J connectivity index is 2.31. The Morgan fingerprint density at radius 2 is 1.52 bits per heavy atom. The van der Waals surface area contributed by atoms with Crippen molar-refractivity contribution in [2.45, 2.75) is 26.7 Å². The number of benzene rings is 2. The van der Waals surface area contributed by atoms with Gasteiger partial charge in [-0.15, -0.1) is 0 Å². The van der Waals surface area contributed by atoms with E-state index in [0.29, 0.717) is 35.0 Å². The molecular weight excluding hydrogens is 316 g/mol. The number of hydrogen-bond acceptors (Lipinski definition) is 3. The number of allylic oxidation sites excluding steroid dienone is 2. The van der Waals surface area contributed by atoms with Crippen molar-refractivity contribution < 1.29 is 19.5 Å². The maximum atomic E-state index is 12.9. The zero-order valence-corrected chi connectivity index (χ0v) is 14.3. The third-order valence-electron chi connectivity index (χ3n) is 4.08. The van der Waals surface area contributed by atoms with Crippen molar-refractivity contribution in [2.24, 2.45) is 0 Å². The van der Waals surface area contributed by atoms with Gasteiger partial charge in [-0.2, -0.15) is 0 Å². The molecule has 1 N–H and O–H groups in total. The average Bonchev–Trinajstić information content (AvgIpc) is 2.60. The number of carbonyl (C=O) groups excluding carboxylic acids is 2. The van der Waals surface area contributed by atoms with Gasteiger partial charge in [0.15, 0.2) is 5.78 Å². The topological polar surface area (TPSA) is 71.4 Å². The number of aliphatic carboxylic acids is 1. The summed E-state index contributed by atoms with van der Waals surface area (Å²) < 4.78 is 0. The minimum Gasteiger partial charge on any atom is -0.481 e. The van der Waals surface area contributed by atoms with Gasteiger partial charge in [0.2, 0.25) is 0 Å². The molecule has 0 fully saturated rings. The van der Waals surface area contributed by atoms with E-state index in [1.807, 2.05) is 19.1 Å². The monoisotopic (exact) mass is 336 g/mol. The largest absolute Gasteiger partial charge is 0.481 e. The smallest absolute Gasteiger partial charge is 0.307 e. The first-order chi connectivity index (χ1) is 11.9. The van der Waals surface area contributed by atoms with E-state index < -0.39 is 5.97 Å². The molecule has 2 rings (SSSR count). The SMILES string of the molecule is C/C(C=O)=C(\Cc1ccc(CC(=O)O)cc1)C(=O)c1ccccc1C. The lowest BCUT2D eigenvalue weighted by atomic mass is 9.91. The van der Waals surface area contributed by atoms with Gasteiger partial charge in [0, 0.05) is 17.6 Å². The van der Waals surface area contributed by atoms with Gasteiger partial charge in [-0.25, -0.2) is 0 Å². The first kappa shape index (κ1) is 18.3. The van der Waals surface area contributed by atoms with Gasteiger partial charge in [0.25, 0.3) is 0 Å². The van der Waals surface area contributed by atoms with Crippen molar-refractivity contribution >= 4 is 18.0 Å². The standard InChI is InChI=1S/C21H20O4/c1-14-5-3-4-6-18(14)21(25)19(15(2)13-22)11-16-7-9-17(10-8-16)12-20(23)24/h3-10,13H,11-12H2,1-2H3,(H,23,24)/b19-15-. The Morgan fingerprint density at radius 1 is 0.960 bits per heavy atom. The summed E-state index contributed by atoms with van der Waals surface area (Å²) in [7, 11) is 0. The van der Waals surface area contributed by atoms with E-state index in [1.165, 1.54) is 0 Å². The molecule has 0 atom stereocenters. The third-order valence-corrected chi connectivity index (χ3v) is 4.08. The van der Waals surface area contributed by atoms with Crippen LogP contribution in [0.25, 0.3) is 0 Å². The van der Waals surface area contributed by atoms with Crippen molar-refractivity contribution in [3.05, 3.63) is 81.9 Å². The van der Waals surface area contributed by atoms with E-state index in [1.54, 1.807) is 43.3 Å². The Labute approximate surface area is 146 Å². The Bertz CT molecular complexity index is 829. The normalized spacial score (nSPS) is 11.6. The van der Waals surface area contributed by atoms with Crippen LogP contribution in [-0.2, 0) is 22.4 Å². The van der Waals surface area contributed by atoms with Crippen LogP contribution in [0.3, 0.4) is 0 Å². The second-order valence-corrected chi connectivity index (χ2v) is 5.99. The minimum atomic E-state index is -0.889. The molecule has 2 aromatic rings. The van der Waals surface area contributed by atoms with Gasteiger partial charge in [-0.3, -0.25) is 14.4 Å². The number of aldehydes is 1. The highest BCUT2D eigenvalue weighted by Crippen LogP contribution is 2.20. The molecule has 0 aliphatic carbocycles. The Hall–Kier alpha value is -3.01. The zero-order chi connectivity index (χ0) is 18.4. The van der Waals surface area contributed by atoms with Crippen LogP contribution in [0, 0.1) is 6.92 Å². The first-order valence-corrected chi connectivity index (χ1v) is 7.97. The van der Waals surface area contributed by atoms with Gasteiger partial charge in [0.05, 0.1) is 6.42 Å². The molecule has 0 spiro atoms. The van der Waals surface area contributed by atoms with E-state index in [-0.39, 0.29) is 12.2 Å². The minimum absolute atomic E-state index is 0.0432. The molecule has 0 amide bonds. The zero-order valence-electron chi connectivity index (χ0n) is 14.3. The number of carboxylic acids is 1. The van der Waals surface area contributed by atoms with E-state index in [2.05, 4.69) is 0 Å². The second kappa shape index (κ2) is 8.20. The third kappa shape index (κ3) is 4.73. The Kier molecular flexibility index (Phi) is 6.01. The van der Waals surface area contributed by atoms with Gasteiger partial charge in [-0.1, -0.05) is 48.5 Å². The molecule has 0 saturated carbocycles. The van der Waals surface area contributed by atoms with Crippen molar-refractivity contribution in [3.8, 4) is 0 Å². The molecule has 0 aliphatic rings. The van der Waals surface area contributed by atoms with Crippen molar-refractivity contribution in [2.75, 3.05) is 0 Å². The summed E-state index contributed by atoms with van der Waals surface area (Å²) in [6.45, 7) is 3.50. The summed E-state index contributed by atoms with van der Waals surface area (Å²) >= 11 is 0. The first-order valence-electron chi connectivity index (χ1n) is 7.97. The van der Waals surface area contributed by atoms with Crippen LogP contribution in [0.1, 0.15) is 34.0 Å². The Morgan fingerprint density at radius 3 is 2.04 bits per heavy atom. The van der Waals surface area contributed by atoms with Crippen LogP contribution in [-0.4, -0.2) is 23.1 Å². The van der Waals surface area contributed by atoms with E-state index in [0.717, 1.165) is 11.1 Å². The van der Waals surface area contributed by atoms with Gasteiger partial charge in [-0.05, 0) is 36.1 Å². The highest BCUT2D eigenvalue weighted by atomic mass is 16.4. The molecule has 25 heavy (non-hydrogen) atoms. The fraction of sp³-hybridized carbons (Fsp3) is 0.190. The number of rotatable bonds is 7. The number of carboxylic acid groups (broad SMARTS) is 1. The van der Waals surface area contributed by atoms with Crippen LogP contribution < -0.4 is 0 Å². The predicted octanol–water partition coefficient (Wildman–Crippen LogP) is 3.56. The molecule has 4 heteroatoms. The lowest BCUT2D eigenvalue weighted by Gasteiger charge is -2.11. The number of carbonyl (C=O) groups is 3. The van der Waals surface area contributed by atoms with Crippen molar-refractivity contribution in [1.82, 2.24) is 0 Å². The van der Waals surface area contributed by atoms with Crippen LogP contribution in [0.15, 0.2) is 59.7 Å². The highest BCUT2D eigenvalue weighted by Gasteiger charge is 2.17. The van der Waals surface area contributed by atoms with Gasteiger partial charge >= 0.3 is 5.97 Å². The average molecular weight is 336 g/mol. The van der Waals surface area contributed by atoms with E-state index >= 15 is 0 Å². The fourth-order valence-corrected chi connectivity index (χ4v) is 2.61. The molecule has 4 nitrogen and oxygen atoms in total. The van der Waals surface area contributed by atoms with Crippen LogP contribution in [0.2, 0.25) is 0 Å². The number of hydrogen-bond donors (Lipinski definition) is 1. The summed E-state index contributed by atoms with van der Waals surface area (Å²) in [5, 5.41) is 8.82. The molecule has 0 aromatic heterocycles. The number of ketones is 1. The van der Waals surface area contributed by atoms with Gasteiger partial charge in [0.1, 0.15) is 6.29 Å². The molecule has 0 bridgehead atoms. The van der Waals surface area contributed by atoms with Crippen LogP contribution in [0.5, 0.6) is 0 Å². The van der Waals surface area contributed by atoms with Gasteiger partial charge < -0.3 is 5.11 Å². The molecule has 0 heterocycles. The molecular formula is C21H20O4. The number of aryl methyl sites for hydroxylation is 1. The molecule has 0 unspecified atom stereocenters. The maximum absolute atomic E-state index is 12.9. The highest BCUT2D eigenvalue weighted by molar-refractivity contribution is 6.12.